The minimum absolute atomic E-state index is 0.0390. The van der Waals surface area contributed by atoms with Crippen LogP contribution in [0.25, 0.3) is 5.69 Å². The van der Waals surface area contributed by atoms with Crippen molar-refractivity contribution >= 4 is 28.9 Å². The Hall–Kier alpha value is -3.36. The predicted octanol–water partition coefficient (Wildman–Crippen LogP) is 2.24. The van der Waals surface area contributed by atoms with Crippen LogP contribution in [0.4, 0.5) is 11.4 Å². The van der Waals surface area contributed by atoms with E-state index in [9.17, 15) is 9.59 Å². The van der Waals surface area contributed by atoms with Crippen molar-refractivity contribution in [2.24, 2.45) is 5.84 Å². The summed E-state index contributed by atoms with van der Waals surface area (Å²) in [5.41, 5.74) is 2.90. The lowest BCUT2D eigenvalue weighted by molar-refractivity contribution is 0.0948. The van der Waals surface area contributed by atoms with E-state index in [0.29, 0.717) is 22.1 Å². The fraction of sp³-hybridized carbons (Fsp3) is 0.0556. The molecular weight excluding hydrogens is 370 g/mol. The topological polar surface area (TPSA) is 111 Å². The first-order valence-electron chi connectivity index (χ1n) is 7.84. The monoisotopic (exact) mass is 385 g/mol. The summed E-state index contributed by atoms with van der Waals surface area (Å²) in [6, 6.07) is 14.7. The van der Waals surface area contributed by atoms with Gasteiger partial charge in [-0.3, -0.25) is 15.0 Å². The maximum absolute atomic E-state index is 12.5. The summed E-state index contributed by atoms with van der Waals surface area (Å²) in [7, 11) is 1.56. The van der Waals surface area contributed by atoms with Crippen molar-refractivity contribution in [3.05, 3.63) is 75.7 Å². The zero-order valence-corrected chi connectivity index (χ0v) is 15.0. The highest BCUT2D eigenvalue weighted by atomic mass is 35.5. The molecule has 0 atom stereocenters. The zero-order valence-electron chi connectivity index (χ0n) is 14.3. The van der Waals surface area contributed by atoms with E-state index in [0.717, 1.165) is 4.68 Å². The number of hydrogen-bond acceptors (Lipinski definition) is 6. The van der Waals surface area contributed by atoms with E-state index in [1.807, 2.05) is 5.43 Å². The van der Waals surface area contributed by atoms with E-state index >= 15 is 0 Å². The number of halogens is 1. The number of amides is 1. The summed E-state index contributed by atoms with van der Waals surface area (Å²) in [4.78, 5) is 24.7. The molecule has 1 heterocycles. The highest BCUT2D eigenvalue weighted by Crippen LogP contribution is 2.21. The fourth-order valence-electron chi connectivity index (χ4n) is 2.38. The average molecular weight is 386 g/mol. The second-order valence-corrected chi connectivity index (χ2v) is 5.90. The third kappa shape index (κ3) is 4.08. The molecule has 0 radical (unpaired) electrons. The Morgan fingerprint density at radius 3 is 2.41 bits per heavy atom. The van der Waals surface area contributed by atoms with Gasteiger partial charge in [-0.1, -0.05) is 11.6 Å². The van der Waals surface area contributed by atoms with Crippen LogP contribution in [0, 0.1) is 0 Å². The molecule has 27 heavy (non-hydrogen) atoms. The first-order chi connectivity index (χ1) is 13.0. The highest BCUT2D eigenvalue weighted by molar-refractivity contribution is 6.30. The van der Waals surface area contributed by atoms with E-state index in [1.54, 1.807) is 55.6 Å². The number of methoxy groups -OCH3 is 1. The number of aromatic nitrogens is 2. The smallest absolute Gasteiger partial charge is 0.287 e. The standard InChI is InChI=1S/C18H16ClN5O3/c1-27-14-8-4-12(5-9-14)21-15-10-16(25)24(23-17(15)18(26)22-20)13-6-2-11(19)3-7-13/h2-10,21H,20H2,1H3,(H,22,26). The van der Waals surface area contributed by atoms with Gasteiger partial charge in [0.15, 0.2) is 5.69 Å². The fourth-order valence-corrected chi connectivity index (χ4v) is 2.51. The predicted molar refractivity (Wildman–Crippen MR) is 103 cm³/mol. The van der Waals surface area contributed by atoms with E-state index in [1.165, 1.54) is 6.07 Å². The van der Waals surface area contributed by atoms with Gasteiger partial charge in [0.2, 0.25) is 0 Å². The van der Waals surface area contributed by atoms with Gasteiger partial charge in [0, 0.05) is 16.8 Å². The number of nitrogens with zero attached hydrogens (tertiary/aromatic N) is 2. The number of carbonyl (C=O) groups is 1. The zero-order chi connectivity index (χ0) is 19.4. The van der Waals surface area contributed by atoms with Crippen LogP contribution in [0.5, 0.6) is 5.75 Å². The molecule has 0 aliphatic heterocycles. The number of nitrogens with two attached hydrogens (primary N) is 1. The van der Waals surface area contributed by atoms with E-state index in [2.05, 4.69) is 10.4 Å². The number of carbonyl (C=O) groups excluding carboxylic acids is 1. The van der Waals surface area contributed by atoms with Gasteiger partial charge in [-0.15, -0.1) is 0 Å². The molecule has 3 aromatic rings. The maximum Gasteiger partial charge on any atom is 0.287 e. The summed E-state index contributed by atoms with van der Waals surface area (Å²) in [5, 5.41) is 7.67. The molecular formula is C18H16ClN5O3. The minimum Gasteiger partial charge on any atom is -0.497 e. The normalized spacial score (nSPS) is 10.3. The van der Waals surface area contributed by atoms with Crippen LogP contribution >= 0.6 is 11.6 Å². The molecule has 9 heteroatoms. The van der Waals surface area contributed by atoms with Crippen molar-refractivity contribution in [2.45, 2.75) is 0 Å². The lowest BCUT2D eigenvalue weighted by atomic mass is 10.2. The molecule has 0 fully saturated rings. The Labute approximate surface area is 159 Å². The van der Waals surface area contributed by atoms with Crippen molar-refractivity contribution in [3.8, 4) is 11.4 Å². The molecule has 1 amide bonds. The lowest BCUT2D eigenvalue weighted by Crippen LogP contribution is -2.34. The van der Waals surface area contributed by atoms with Crippen molar-refractivity contribution in [3.63, 3.8) is 0 Å². The number of rotatable bonds is 5. The first kappa shape index (κ1) is 18.4. The van der Waals surface area contributed by atoms with Gasteiger partial charge in [-0.05, 0) is 48.5 Å². The number of hydrogen-bond donors (Lipinski definition) is 3. The molecule has 138 valence electrons. The molecule has 4 N–H and O–H groups in total. The van der Waals surface area contributed by atoms with Crippen molar-refractivity contribution in [1.29, 1.82) is 0 Å². The van der Waals surface area contributed by atoms with E-state index in [4.69, 9.17) is 22.2 Å². The summed E-state index contributed by atoms with van der Waals surface area (Å²) in [5.74, 6) is 5.30. The van der Waals surface area contributed by atoms with Crippen LogP contribution in [0.2, 0.25) is 5.02 Å². The molecule has 8 nitrogen and oxygen atoms in total. The van der Waals surface area contributed by atoms with Gasteiger partial charge in [0.05, 0.1) is 18.5 Å². The Balaban J connectivity index is 2.05. The molecule has 0 unspecified atom stereocenters. The second-order valence-electron chi connectivity index (χ2n) is 5.46. The summed E-state index contributed by atoms with van der Waals surface area (Å²) >= 11 is 5.87. The molecule has 0 saturated heterocycles. The molecule has 3 rings (SSSR count). The van der Waals surface area contributed by atoms with E-state index < -0.39 is 11.5 Å². The van der Waals surface area contributed by atoms with Gasteiger partial charge >= 0.3 is 0 Å². The second kappa shape index (κ2) is 7.90. The molecule has 2 aromatic carbocycles. The number of nitrogen functional groups attached to an aromatic ring is 1. The molecule has 0 bridgehead atoms. The molecule has 0 saturated carbocycles. The Bertz CT molecular complexity index is 1020. The number of nitrogens with one attached hydrogen (secondary N) is 2. The third-order valence-corrected chi connectivity index (χ3v) is 3.97. The average Bonchev–Trinajstić information content (AvgIpc) is 2.69. The molecule has 0 spiro atoms. The van der Waals surface area contributed by atoms with Gasteiger partial charge in [-0.25, -0.2) is 5.84 Å². The van der Waals surface area contributed by atoms with Crippen molar-refractivity contribution < 1.29 is 9.53 Å². The van der Waals surface area contributed by atoms with Gasteiger partial charge in [-0.2, -0.15) is 9.78 Å². The van der Waals surface area contributed by atoms with Gasteiger partial charge in [0.1, 0.15) is 5.75 Å². The minimum atomic E-state index is -0.645. The van der Waals surface area contributed by atoms with Crippen molar-refractivity contribution in [1.82, 2.24) is 15.2 Å². The van der Waals surface area contributed by atoms with Gasteiger partial charge < -0.3 is 10.1 Å². The van der Waals surface area contributed by atoms with Crippen LogP contribution in [-0.4, -0.2) is 22.8 Å². The molecule has 1 aromatic heterocycles. The number of benzene rings is 2. The van der Waals surface area contributed by atoms with Crippen LogP contribution in [0.1, 0.15) is 10.5 Å². The maximum atomic E-state index is 12.5. The lowest BCUT2D eigenvalue weighted by Gasteiger charge is -2.13. The van der Waals surface area contributed by atoms with Gasteiger partial charge in [0.25, 0.3) is 11.5 Å². The Morgan fingerprint density at radius 2 is 1.81 bits per heavy atom. The molecule has 0 aliphatic rings. The molecule has 0 aliphatic carbocycles. The number of anilines is 2. The highest BCUT2D eigenvalue weighted by Gasteiger charge is 2.17. The quantitative estimate of drug-likeness (QED) is 0.353. The van der Waals surface area contributed by atoms with Crippen LogP contribution in [0.3, 0.4) is 0 Å². The summed E-state index contributed by atoms with van der Waals surface area (Å²) < 4.78 is 6.20. The SMILES string of the molecule is COc1ccc(Nc2cc(=O)n(-c3ccc(Cl)cc3)nc2C(=O)NN)cc1. The third-order valence-electron chi connectivity index (χ3n) is 3.72. The van der Waals surface area contributed by atoms with Crippen LogP contribution in [-0.2, 0) is 0 Å². The first-order valence-corrected chi connectivity index (χ1v) is 8.22. The Morgan fingerprint density at radius 1 is 1.15 bits per heavy atom. The number of hydrazine groups is 1. The summed E-state index contributed by atoms with van der Waals surface area (Å²) in [6.45, 7) is 0. The largest absolute Gasteiger partial charge is 0.497 e. The van der Waals surface area contributed by atoms with Crippen LogP contribution < -0.4 is 26.9 Å². The van der Waals surface area contributed by atoms with Crippen molar-refractivity contribution in [2.75, 3.05) is 12.4 Å². The summed E-state index contributed by atoms with van der Waals surface area (Å²) in [6.07, 6.45) is 0. The Kier molecular flexibility index (Phi) is 5.39. The van der Waals surface area contributed by atoms with E-state index in [-0.39, 0.29) is 11.4 Å². The van der Waals surface area contributed by atoms with Crippen LogP contribution in [0.15, 0.2) is 59.4 Å². The number of ether oxygens (including phenoxy) is 1.